The van der Waals surface area contributed by atoms with E-state index < -0.39 is 0 Å². The van der Waals surface area contributed by atoms with Crippen LogP contribution in [0.25, 0.3) is 33.6 Å². The van der Waals surface area contributed by atoms with Gasteiger partial charge in [0, 0.05) is 22.8 Å². The van der Waals surface area contributed by atoms with Crippen molar-refractivity contribution in [1.29, 1.82) is 0 Å². The van der Waals surface area contributed by atoms with Crippen LogP contribution in [0.15, 0.2) is 78.9 Å². The number of phenols is 1. The van der Waals surface area contributed by atoms with Crippen LogP contribution in [-0.4, -0.2) is 22.4 Å². The summed E-state index contributed by atoms with van der Waals surface area (Å²) in [5.74, 6) is 0.750. The number of rotatable bonds is 4. The van der Waals surface area contributed by atoms with Crippen molar-refractivity contribution in [2.45, 2.75) is 0 Å². The Kier molecular flexibility index (Phi) is 4.15. The number of benzene rings is 3. The van der Waals surface area contributed by atoms with Crippen molar-refractivity contribution in [1.82, 2.24) is 10.2 Å². The predicted molar refractivity (Wildman–Crippen MR) is 103 cm³/mol. The summed E-state index contributed by atoms with van der Waals surface area (Å²) in [6.45, 7) is 0. The van der Waals surface area contributed by atoms with Crippen LogP contribution in [0.1, 0.15) is 0 Å². The van der Waals surface area contributed by atoms with E-state index in [-0.39, 0.29) is 5.75 Å². The Balaban J connectivity index is 1.95. The molecule has 4 aromatic rings. The molecule has 4 rings (SSSR count). The third-order valence-corrected chi connectivity index (χ3v) is 4.35. The molecular weight excluding hydrogens is 324 g/mol. The monoisotopic (exact) mass is 342 g/mol. The van der Waals surface area contributed by atoms with Crippen molar-refractivity contribution in [3.8, 4) is 45.1 Å². The summed E-state index contributed by atoms with van der Waals surface area (Å²) < 4.78 is 5.19. The summed E-state index contributed by atoms with van der Waals surface area (Å²) in [5.41, 5.74) is 5.31. The van der Waals surface area contributed by atoms with E-state index in [2.05, 4.69) is 10.2 Å². The van der Waals surface area contributed by atoms with E-state index in [1.54, 1.807) is 13.2 Å². The van der Waals surface area contributed by atoms with Crippen molar-refractivity contribution in [2.24, 2.45) is 0 Å². The van der Waals surface area contributed by atoms with Crippen molar-refractivity contribution in [3.63, 3.8) is 0 Å². The average Bonchev–Trinajstić information content (AvgIpc) is 3.14. The number of nitrogens with zero attached hydrogens (tertiary/aromatic N) is 1. The smallest absolute Gasteiger partial charge is 0.128 e. The highest BCUT2D eigenvalue weighted by molar-refractivity contribution is 5.92. The molecule has 0 spiro atoms. The third kappa shape index (κ3) is 2.82. The van der Waals surface area contributed by atoms with Crippen LogP contribution >= 0.6 is 0 Å². The molecule has 0 unspecified atom stereocenters. The number of aromatic amines is 1. The standard InChI is InChI=1S/C22H18N2O2/c1-26-17-12-13-18(19(25)14-17)22-20(15-8-4-2-5-9-15)21(23-24-22)16-10-6-3-7-11-16/h2-14,25H,1H3,(H,23,24). The number of phenolic OH excluding ortho intramolecular Hbond substituents is 1. The summed E-state index contributed by atoms with van der Waals surface area (Å²) in [4.78, 5) is 0. The lowest BCUT2D eigenvalue weighted by atomic mass is 9.95. The molecule has 0 aliphatic carbocycles. The molecule has 1 heterocycles. The van der Waals surface area contributed by atoms with Gasteiger partial charge in [0.25, 0.3) is 0 Å². The van der Waals surface area contributed by atoms with Crippen LogP contribution < -0.4 is 4.74 Å². The molecule has 4 heteroatoms. The number of hydrogen-bond donors (Lipinski definition) is 2. The van der Waals surface area contributed by atoms with Gasteiger partial charge in [-0.3, -0.25) is 5.10 Å². The van der Waals surface area contributed by atoms with E-state index in [1.807, 2.05) is 72.8 Å². The first-order chi connectivity index (χ1) is 12.8. The molecule has 0 saturated heterocycles. The van der Waals surface area contributed by atoms with Gasteiger partial charge in [0.1, 0.15) is 17.2 Å². The number of hydrogen-bond acceptors (Lipinski definition) is 3. The van der Waals surface area contributed by atoms with Crippen molar-refractivity contribution < 1.29 is 9.84 Å². The van der Waals surface area contributed by atoms with E-state index in [0.29, 0.717) is 11.3 Å². The zero-order valence-corrected chi connectivity index (χ0v) is 14.3. The van der Waals surface area contributed by atoms with E-state index in [4.69, 9.17) is 4.74 Å². The van der Waals surface area contributed by atoms with Crippen LogP contribution in [0.4, 0.5) is 0 Å². The van der Waals surface area contributed by atoms with Gasteiger partial charge in [-0.05, 0) is 17.7 Å². The molecule has 0 aliphatic rings. The van der Waals surface area contributed by atoms with Gasteiger partial charge >= 0.3 is 0 Å². The normalized spacial score (nSPS) is 10.7. The summed E-state index contributed by atoms with van der Waals surface area (Å²) in [7, 11) is 1.58. The van der Waals surface area contributed by atoms with Gasteiger partial charge < -0.3 is 9.84 Å². The molecule has 0 radical (unpaired) electrons. The second kappa shape index (κ2) is 6.76. The van der Waals surface area contributed by atoms with E-state index >= 15 is 0 Å². The summed E-state index contributed by atoms with van der Waals surface area (Å²) in [5, 5.41) is 18.2. The molecule has 0 saturated carbocycles. The molecule has 1 aromatic heterocycles. The molecule has 128 valence electrons. The van der Waals surface area contributed by atoms with Gasteiger partial charge in [-0.1, -0.05) is 60.7 Å². The molecular formula is C22H18N2O2. The maximum atomic E-state index is 10.5. The van der Waals surface area contributed by atoms with Gasteiger partial charge in [-0.25, -0.2) is 0 Å². The average molecular weight is 342 g/mol. The minimum absolute atomic E-state index is 0.143. The Morgan fingerprint density at radius 1 is 0.846 bits per heavy atom. The minimum Gasteiger partial charge on any atom is -0.507 e. The fraction of sp³-hybridized carbons (Fsp3) is 0.0455. The van der Waals surface area contributed by atoms with Crippen LogP contribution in [0.5, 0.6) is 11.5 Å². The van der Waals surface area contributed by atoms with E-state index in [9.17, 15) is 5.11 Å². The number of methoxy groups -OCH3 is 1. The highest BCUT2D eigenvalue weighted by Crippen LogP contribution is 2.41. The van der Waals surface area contributed by atoms with Crippen molar-refractivity contribution in [2.75, 3.05) is 7.11 Å². The number of ether oxygens (including phenoxy) is 1. The first-order valence-corrected chi connectivity index (χ1v) is 8.34. The Labute approximate surface area is 151 Å². The summed E-state index contributed by atoms with van der Waals surface area (Å²) >= 11 is 0. The minimum atomic E-state index is 0.143. The largest absolute Gasteiger partial charge is 0.507 e. The number of H-pyrrole nitrogens is 1. The maximum absolute atomic E-state index is 10.5. The highest BCUT2D eigenvalue weighted by Gasteiger charge is 2.20. The van der Waals surface area contributed by atoms with Gasteiger partial charge in [0.2, 0.25) is 0 Å². The molecule has 0 aliphatic heterocycles. The van der Waals surface area contributed by atoms with Gasteiger partial charge in [0.05, 0.1) is 12.8 Å². The second-order valence-corrected chi connectivity index (χ2v) is 5.94. The number of aromatic hydroxyl groups is 1. The SMILES string of the molecule is COc1ccc(-c2[nH]nc(-c3ccccc3)c2-c2ccccc2)c(O)c1. The zero-order valence-electron chi connectivity index (χ0n) is 14.3. The molecule has 0 amide bonds. The number of aromatic nitrogens is 2. The third-order valence-electron chi connectivity index (χ3n) is 4.35. The molecule has 0 atom stereocenters. The quantitative estimate of drug-likeness (QED) is 0.541. The van der Waals surface area contributed by atoms with Crippen molar-refractivity contribution >= 4 is 0 Å². The molecule has 2 N–H and O–H groups in total. The fourth-order valence-corrected chi connectivity index (χ4v) is 3.08. The molecule has 26 heavy (non-hydrogen) atoms. The summed E-state index contributed by atoms with van der Waals surface area (Å²) in [6, 6.07) is 25.3. The molecule has 4 nitrogen and oxygen atoms in total. The zero-order chi connectivity index (χ0) is 17.9. The Morgan fingerprint density at radius 2 is 1.50 bits per heavy atom. The summed E-state index contributed by atoms with van der Waals surface area (Å²) in [6.07, 6.45) is 0. The topological polar surface area (TPSA) is 58.1 Å². The molecule has 0 fully saturated rings. The van der Waals surface area contributed by atoms with Crippen LogP contribution in [0.3, 0.4) is 0 Å². The first-order valence-electron chi connectivity index (χ1n) is 8.34. The van der Waals surface area contributed by atoms with Crippen molar-refractivity contribution in [3.05, 3.63) is 78.9 Å². The maximum Gasteiger partial charge on any atom is 0.128 e. The van der Waals surface area contributed by atoms with Crippen LogP contribution in [-0.2, 0) is 0 Å². The molecule has 0 bridgehead atoms. The fourth-order valence-electron chi connectivity index (χ4n) is 3.08. The van der Waals surface area contributed by atoms with Gasteiger partial charge in [-0.2, -0.15) is 5.10 Å². The van der Waals surface area contributed by atoms with E-state index in [1.165, 1.54) is 0 Å². The lowest BCUT2D eigenvalue weighted by Gasteiger charge is -2.09. The molecule has 3 aromatic carbocycles. The van der Waals surface area contributed by atoms with E-state index in [0.717, 1.165) is 28.1 Å². The first kappa shape index (κ1) is 16.0. The van der Waals surface area contributed by atoms with Gasteiger partial charge in [-0.15, -0.1) is 0 Å². The lowest BCUT2D eigenvalue weighted by Crippen LogP contribution is -1.87. The van der Waals surface area contributed by atoms with Crippen LogP contribution in [0, 0.1) is 0 Å². The lowest BCUT2D eigenvalue weighted by molar-refractivity contribution is 0.408. The number of nitrogens with one attached hydrogen (secondary N) is 1. The Hall–Kier alpha value is -3.53. The second-order valence-electron chi connectivity index (χ2n) is 5.94. The Bertz CT molecular complexity index is 1020. The highest BCUT2D eigenvalue weighted by atomic mass is 16.5. The predicted octanol–water partition coefficient (Wildman–Crippen LogP) is 5.12. The van der Waals surface area contributed by atoms with Crippen LogP contribution in [0.2, 0.25) is 0 Å². The Morgan fingerprint density at radius 3 is 2.12 bits per heavy atom. The van der Waals surface area contributed by atoms with Gasteiger partial charge in [0.15, 0.2) is 0 Å².